The van der Waals surface area contributed by atoms with E-state index in [-0.39, 0.29) is 48.3 Å². The minimum atomic E-state index is -0.788. The molecule has 1 atom stereocenters. The highest BCUT2D eigenvalue weighted by Crippen LogP contribution is 2.14. The number of nitrogens with two attached hydrogens (primary N) is 1. The van der Waals surface area contributed by atoms with Crippen LogP contribution < -0.4 is 16.4 Å². The lowest BCUT2D eigenvalue weighted by Gasteiger charge is -2.32. The van der Waals surface area contributed by atoms with Gasteiger partial charge in [0.05, 0.1) is 19.2 Å². The quantitative estimate of drug-likeness (QED) is 0.258. The van der Waals surface area contributed by atoms with Crippen molar-refractivity contribution in [2.45, 2.75) is 31.9 Å². The number of halogens is 2. The van der Waals surface area contributed by atoms with Gasteiger partial charge in [-0.25, -0.2) is 4.39 Å². The maximum absolute atomic E-state index is 13.0. The van der Waals surface area contributed by atoms with Crippen LogP contribution in [-0.4, -0.2) is 60.6 Å². The lowest BCUT2D eigenvalue weighted by Crippen LogP contribution is -2.49. The molecule has 1 saturated heterocycles. The molecule has 152 valence electrons. The Balaban J connectivity index is 0.00000364. The molecule has 1 aliphatic heterocycles. The molecule has 1 aliphatic rings. The molecule has 1 aromatic rings. The molecule has 0 saturated carbocycles. The van der Waals surface area contributed by atoms with Crippen LogP contribution in [0.4, 0.5) is 4.39 Å². The fourth-order valence-electron chi connectivity index (χ4n) is 2.94. The van der Waals surface area contributed by atoms with Gasteiger partial charge in [0.2, 0.25) is 5.91 Å². The number of guanidine groups is 1. The van der Waals surface area contributed by atoms with E-state index in [0.717, 1.165) is 25.9 Å². The molecule has 2 rings (SSSR count). The minimum absolute atomic E-state index is 0. The second kappa shape index (κ2) is 12.1. The number of aliphatic hydroxyl groups excluding tert-OH is 1. The number of aliphatic hydroxyl groups is 1. The summed E-state index contributed by atoms with van der Waals surface area (Å²) < 4.78 is 13.0. The lowest BCUT2D eigenvalue weighted by atomic mass is 10.1. The number of primary amides is 1. The molecule has 1 amide bonds. The van der Waals surface area contributed by atoms with Crippen molar-refractivity contribution in [2.24, 2.45) is 10.7 Å². The standard InChI is InChI=1S/C18H28FN5O2.HI/c1-2-21-18(22-11-16(25)13-3-5-14(19)6-4-13)23-15-7-9-24(10-8-15)12-17(20)26;/h3-6,15-16,25H,2,7-12H2,1H3,(H2,20,26)(H2,21,22,23);1H. The number of likely N-dealkylation sites (tertiary alicyclic amines) is 1. The molecule has 5 N–H and O–H groups in total. The SMILES string of the molecule is CCNC(=NCC(O)c1ccc(F)cc1)NC1CCN(CC(N)=O)CC1.I. The summed E-state index contributed by atoms with van der Waals surface area (Å²) in [5.41, 5.74) is 5.86. The molecule has 0 aliphatic carbocycles. The third-order valence-electron chi connectivity index (χ3n) is 4.33. The Kier molecular flexibility index (Phi) is 10.6. The first-order valence-corrected chi connectivity index (χ1v) is 8.97. The molecule has 1 aromatic carbocycles. The molecule has 0 aromatic heterocycles. The molecule has 9 heteroatoms. The highest BCUT2D eigenvalue weighted by atomic mass is 127. The van der Waals surface area contributed by atoms with Gasteiger partial charge in [0, 0.05) is 25.7 Å². The van der Waals surface area contributed by atoms with Crippen LogP contribution in [0.2, 0.25) is 0 Å². The number of hydrogen-bond acceptors (Lipinski definition) is 4. The lowest BCUT2D eigenvalue weighted by molar-refractivity contribution is -0.119. The summed E-state index contributed by atoms with van der Waals surface area (Å²) >= 11 is 0. The van der Waals surface area contributed by atoms with Gasteiger partial charge in [-0.3, -0.25) is 14.7 Å². The van der Waals surface area contributed by atoms with E-state index in [9.17, 15) is 14.3 Å². The van der Waals surface area contributed by atoms with Crippen molar-refractivity contribution in [2.75, 3.05) is 32.7 Å². The average molecular weight is 493 g/mol. The van der Waals surface area contributed by atoms with Crippen LogP contribution in [0.5, 0.6) is 0 Å². The zero-order chi connectivity index (χ0) is 18.9. The van der Waals surface area contributed by atoms with Crippen molar-refractivity contribution < 1.29 is 14.3 Å². The molecule has 0 bridgehead atoms. The number of hydrogen-bond donors (Lipinski definition) is 4. The summed E-state index contributed by atoms with van der Waals surface area (Å²) in [5.74, 6) is 0.00485. The number of carbonyl (C=O) groups is 1. The van der Waals surface area contributed by atoms with Gasteiger partial charge >= 0.3 is 0 Å². The van der Waals surface area contributed by atoms with Crippen LogP contribution in [-0.2, 0) is 4.79 Å². The van der Waals surface area contributed by atoms with E-state index in [1.807, 2.05) is 11.8 Å². The van der Waals surface area contributed by atoms with E-state index in [2.05, 4.69) is 15.6 Å². The molecule has 0 radical (unpaired) electrons. The zero-order valence-corrected chi connectivity index (χ0v) is 17.9. The van der Waals surface area contributed by atoms with Crippen LogP contribution in [0.1, 0.15) is 31.4 Å². The van der Waals surface area contributed by atoms with Crippen molar-refractivity contribution in [3.05, 3.63) is 35.6 Å². The van der Waals surface area contributed by atoms with Gasteiger partial charge in [-0.15, -0.1) is 24.0 Å². The summed E-state index contributed by atoms with van der Waals surface area (Å²) in [6.45, 7) is 4.77. The van der Waals surface area contributed by atoms with Gasteiger partial charge in [-0.05, 0) is 37.5 Å². The molecule has 1 heterocycles. The normalized spacial score (nSPS) is 17.1. The Morgan fingerprint density at radius 1 is 1.37 bits per heavy atom. The second-order valence-corrected chi connectivity index (χ2v) is 6.45. The summed E-state index contributed by atoms with van der Waals surface area (Å²) in [6, 6.07) is 6.02. The highest BCUT2D eigenvalue weighted by Gasteiger charge is 2.21. The fourth-order valence-corrected chi connectivity index (χ4v) is 2.94. The maximum atomic E-state index is 13.0. The highest BCUT2D eigenvalue weighted by molar-refractivity contribution is 14.0. The van der Waals surface area contributed by atoms with Crippen LogP contribution in [0.15, 0.2) is 29.3 Å². The zero-order valence-electron chi connectivity index (χ0n) is 15.5. The molecule has 1 unspecified atom stereocenters. The number of nitrogens with zero attached hydrogens (tertiary/aromatic N) is 2. The van der Waals surface area contributed by atoms with Gasteiger partial charge in [-0.2, -0.15) is 0 Å². The van der Waals surface area contributed by atoms with Gasteiger partial charge < -0.3 is 21.5 Å². The van der Waals surface area contributed by atoms with E-state index in [1.165, 1.54) is 12.1 Å². The Morgan fingerprint density at radius 2 is 2.00 bits per heavy atom. The smallest absolute Gasteiger partial charge is 0.231 e. The molecule has 27 heavy (non-hydrogen) atoms. The van der Waals surface area contributed by atoms with Crippen LogP contribution in [0.25, 0.3) is 0 Å². The fraction of sp³-hybridized carbons (Fsp3) is 0.556. The van der Waals surface area contributed by atoms with Crippen LogP contribution in [0, 0.1) is 5.82 Å². The van der Waals surface area contributed by atoms with Crippen molar-refractivity contribution in [1.29, 1.82) is 0 Å². The first kappa shape index (κ1) is 23.6. The van der Waals surface area contributed by atoms with Crippen molar-refractivity contribution >= 4 is 35.8 Å². The molecular formula is C18H29FIN5O2. The van der Waals surface area contributed by atoms with Gasteiger partial charge in [0.15, 0.2) is 5.96 Å². The number of aliphatic imine (C=N–C) groups is 1. The summed E-state index contributed by atoms with van der Waals surface area (Å²) in [5, 5.41) is 16.8. The molecular weight excluding hydrogens is 464 g/mol. The Labute approximate surface area is 176 Å². The third-order valence-corrected chi connectivity index (χ3v) is 4.33. The first-order valence-electron chi connectivity index (χ1n) is 8.97. The van der Waals surface area contributed by atoms with Crippen molar-refractivity contribution in [3.8, 4) is 0 Å². The summed E-state index contributed by atoms with van der Waals surface area (Å²) in [6.07, 6.45) is 0.986. The van der Waals surface area contributed by atoms with Gasteiger partial charge in [0.1, 0.15) is 5.82 Å². The predicted molar refractivity (Wildman–Crippen MR) is 115 cm³/mol. The van der Waals surface area contributed by atoms with Crippen molar-refractivity contribution in [1.82, 2.24) is 15.5 Å². The van der Waals surface area contributed by atoms with Crippen molar-refractivity contribution in [3.63, 3.8) is 0 Å². The average Bonchev–Trinajstić information content (AvgIpc) is 2.61. The second-order valence-electron chi connectivity index (χ2n) is 6.45. The Bertz CT molecular complexity index is 606. The third kappa shape index (κ3) is 8.39. The molecule has 1 fully saturated rings. The van der Waals surface area contributed by atoms with E-state index in [1.54, 1.807) is 12.1 Å². The number of rotatable bonds is 7. The van der Waals surface area contributed by atoms with Crippen LogP contribution in [0.3, 0.4) is 0 Å². The summed E-state index contributed by atoms with van der Waals surface area (Å²) in [7, 11) is 0. The van der Waals surface area contributed by atoms with E-state index >= 15 is 0 Å². The molecule has 7 nitrogen and oxygen atoms in total. The largest absolute Gasteiger partial charge is 0.386 e. The molecule has 0 spiro atoms. The number of amides is 1. The van der Waals surface area contributed by atoms with E-state index in [0.29, 0.717) is 24.6 Å². The topological polar surface area (TPSA) is 103 Å². The number of nitrogens with one attached hydrogen (secondary N) is 2. The number of piperidine rings is 1. The van der Waals surface area contributed by atoms with E-state index in [4.69, 9.17) is 5.73 Å². The minimum Gasteiger partial charge on any atom is -0.386 e. The van der Waals surface area contributed by atoms with E-state index < -0.39 is 6.10 Å². The summed E-state index contributed by atoms with van der Waals surface area (Å²) in [4.78, 5) is 17.5. The maximum Gasteiger partial charge on any atom is 0.231 e. The van der Waals surface area contributed by atoms with Gasteiger partial charge in [0.25, 0.3) is 0 Å². The van der Waals surface area contributed by atoms with Crippen LogP contribution >= 0.6 is 24.0 Å². The number of carbonyl (C=O) groups excluding carboxylic acids is 1. The Hall–Kier alpha value is -1.46. The number of benzene rings is 1. The monoisotopic (exact) mass is 493 g/mol. The van der Waals surface area contributed by atoms with Gasteiger partial charge in [-0.1, -0.05) is 12.1 Å². The predicted octanol–water partition coefficient (Wildman–Crippen LogP) is 0.982. The first-order chi connectivity index (χ1) is 12.5. The Morgan fingerprint density at radius 3 is 2.56 bits per heavy atom.